The first kappa shape index (κ1) is 11.8. The van der Waals surface area contributed by atoms with Crippen molar-refractivity contribution in [3.8, 4) is 5.88 Å². The Bertz CT molecular complexity index is 313. The molecule has 0 atom stereocenters. The van der Waals surface area contributed by atoms with Crippen LogP contribution in [0.15, 0.2) is 6.07 Å². The van der Waals surface area contributed by atoms with Gasteiger partial charge in [-0.3, -0.25) is 0 Å². The highest BCUT2D eigenvalue weighted by Gasteiger charge is 2.07. The second kappa shape index (κ2) is 5.53. The summed E-state index contributed by atoms with van der Waals surface area (Å²) < 4.78 is 5.50. The summed E-state index contributed by atoms with van der Waals surface area (Å²) in [6.45, 7) is 6.90. The van der Waals surface area contributed by atoms with E-state index in [1.54, 1.807) is 0 Å². The van der Waals surface area contributed by atoms with Crippen LogP contribution >= 0.6 is 0 Å². The van der Waals surface area contributed by atoms with Crippen LogP contribution in [0.3, 0.4) is 0 Å². The van der Waals surface area contributed by atoms with E-state index >= 15 is 0 Å². The second-order valence-corrected chi connectivity index (χ2v) is 3.70. The largest absolute Gasteiger partial charge is 0.478 e. The van der Waals surface area contributed by atoms with Crippen LogP contribution in [0.4, 0.5) is 5.82 Å². The van der Waals surface area contributed by atoms with Crippen molar-refractivity contribution in [3.05, 3.63) is 11.9 Å². The van der Waals surface area contributed by atoms with Gasteiger partial charge >= 0.3 is 0 Å². The molecule has 1 aromatic heterocycles. The van der Waals surface area contributed by atoms with Crippen molar-refractivity contribution in [1.82, 2.24) is 9.97 Å². The molecule has 0 bridgehead atoms. The number of aromatic nitrogens is 2. The number of nitrogens with zero attached hydrogens (tertiary/aromatic N) is 2. The molecule has 4 nitrogen and oxygen atoms in total. The lowest BCUT2D eigenvalue weighted by Gasteiger charge is -2.10. The summed E-state index contributed by atoms with van der Waals surface area (Å²) in [6, 6.07) is 1.82. The fourth-order valence-corrected chi connectivity index (χ4v) is 1.11. The summed E-state index contributed by atoms with van der Waals surface area (Å²) in [5.74, 6) is 2.58. The standard InChI is InChI=1S/C11H19N3O/c1-5-6-15-10-7-9(12-4)13-11(14-10)8(2)3/h7-8H,5-6H2,1-4H3,(H,12,13,14). The summed E-state index contributed by atoms with van der Waals surface area (Å²) in [7, 11) is 1.84. The summed E-state index contributed by atoms with van der Waals surface area (Å²) in [5.41, 5.74) is 0. The van der Waals surface area contributed by atoms with Crippen molar-refractivity contribution in [1.29, 1.82) is 0 Å². The number of ether oxygens (including phenoxy) is 1. The third-order valence-corrected chi connectivity index (χ3v) is 1.95. The van der Waals surface area contributed by atoms with E-state index in [9.17, 15) is 0 Å². The topological polar surface area (TPSA) is 47.0 Å². The van der Waals surface area contributed by atoms with E-state index in [1.807, 2.05) is 13.1 Å². The summed E-state index contributed by atoms with van der Waals surface area (Å²) >= 11 is 0. The second-order valence-electron chi connectivity index (χ2n) is 3.70. The molecule has 0 spiro atoms. The van der Waals surface area contributed by atoms with Crippen LogP contribution in [0.25, 0.3) is 0 Å². The molecular formula is C11H19N3O. The SMILES string of the molecule is CCCOc1cc(NC)nc(C(C)C)n1. The molecule has 0 fully saturated rings. The van der Waals surface area contributed by atoms with Gasteiger partial charge in [0, 0.05) is 19.0 Å². The van der Waals surface area contributed by atoms with Gasteiger partial charge in [-0.15, -0.1) is 0 Å². The number of anilines is 1. The molecule has 0 aromatic carbocycles. The van der Waals surface area contributed by atoms with E-state index in [0.29, 0.717) is 18.4 Å². The molecule has 1 heterocycles. The van der Waals surface area contributed by atoms with Gasteiger partial charge in [-0.1, -0.05) is 20.8 Å². The fraction of sp³-hybridized carbons (Fsp3) is 0.636. The van der Waals surface area contributed by atoms with Crippen LogP contribution in [0.1, 0.15) is 38.9 Å². The zero-order valence-corrected chi connectivity index (χ0v) is 9.87. The molecule has 1 N–H and O–H groups in total. The summed E-state index contributed by atoms with van der Waals surface area (Å²) in [5, 5.41) is 3.01. The highest BCUT2D eigenvalue weighted by atomic mass is 16.5. The van der Waals surface area contributed by atoms with Crippen LogP contribution < -0.4 is 10.1 Å². The minimum atomic E-state index is 0.308. The van der Waals surface area contributed by atoms with Gasteiger partial charge in [-0.05, 0) is 6.42 Å². The smallest absolute Gasteiger partial charge is 0.218 e. The van der Waals surface area contributed by atoms with Crippen LogP contribution in [0.5, 0.6) is 5.88 Å². The monoisotopic (exact) mass is 209 g/mol. The van der Waals surface area contributed by atoms with Crippen LogP contribution in [-0.4, -0.2) is 23.6 Å². The van der Waals surface area contributed by atoms with Crippen LogP contribution in [-0.2, 0) is 0 Å². The van der Waals surface area contributed by atoms with Crippen molar-refractivity contribution in [2.75, 3.05) is 19.0 Å². The Hall–Kier alpha value is -1.32. The van der Waals surface area contributed by atoms with Crippen molar-refractivity contribution in [3.63, 3.8) is 0 Å². The Morgan fingerprint density at radius 2 is 2.13 bits per heavy atom. The molecule has 4 heteroatoms. The van der Waals surface area contributed by atoms with E-state index in [1.165, 1.54) is 0 Å². The molecule has 0 unspecified atom stereocenters. The Morgan fingerprint density at radius 3 is 2.67 bits per heavy atom. The molecule has 1 aromatic rings. The maximum atomic E-state index is 5.50. The first-order valence-electron chi connectivity index (χ1n) is 5.37. The van der Waals surface area contributed by atoms with E-state index in [4.69, 9.17) is 4.74 Å². The molecule has 1 rings (SSSR count). The van der Waals surface area contributed by atoms with Gasteiger partial charge in [0.25, 0.3) is 0 Å². The summed E-state index contributed by atoms with van der Waals surface area (Å²) in [6.07, 6.45) is 0.982. The number of hydrogen-bond acceptors (Lipinski definition) is 4. The molecule has 84 valence electrons. The van der Waals surface area contributed by atoms with Crippen molar-refractivity contribution < 1.29 is 4.74 Å². The van der Waals surface area contributed by atoms with Gasteiger partial charge in [0.1, 0.15) is 11.6 Å². The predicted octanol–water partition coefficient (Wildman–Crippen LogP) is 2.43. The van der Waals surface area contributed by atoms with Gasteiger partial charge < -0.3 is 10.1 Å². The van der Waals surface area contributed by atoms with Gasteiger partial charge in [-0.25, -0.2) is 4.98 Å². The normalized spacial score (nSPS) is 10.5. The molecule has 0 amide bonds. The Morgan fingerprint density at radius 1 is 1.40 bits per heavy atom. The molecule has 0 aliphatic rings. The number of hydrogen-bond donors (Lipinski definition) is 1. The Kier molecular flexibility index (Phi) is 4.34. The zero-order chi connectivity index (χ0) is 11.3. The van der Waals surface area contributed by atoms with Crippen LogP contribution in [0.2, 0.25) is 0 Å². The first-order chi connectivity index (χ1) is 7.17. The van der Waals surface area contributed by atoms with E-state index < -0.39 is 0 Å². The Labute approximate surface area is 91.1 Å². The molecular weight excluding hydrogens is 190 g/mol. The lowest BCUT2D eigenvalue weighted by Crippen LogP contribution is -2.05. The maximum absolute atomic E-state index is 5.50. The summed E-state index contributed by atoms with van der Waals surface area (Å²) in [4.78, 5) is 8.70. The minimum Gasteiger partial charge on any atom is -0.478 e. The maximum Gasteiger partial charge on any atom is 0.218 e. The molecule has 0 aliphatic carbocycles. The predicted molar refractivity (Wildman–Crippen MR) is 61.5 cm³/mol. The quantitative estimate of drug-likeness (QED) is 0.809. The average Bonchev–Trinajstić information content (AvgIpc) is 2.25. The van der Waals surface area contributed by atoms with Gasteiger partial charge in [-0.2, -0.15) is 4.98 Å². The number of nitrogens with one attached hydrogen (secondary N) is 1. The van der Waals surface area contributed by atoms with Gasteiger partial charge in [0.2, 0.25) is 5.88 Å². The highest BCUT2D eigenvalue weighted by molar-refractivity contribution is 5.37. The first-order valence-corrected chi connectivity index (χ1v) is 5.37. The molecule has 0 aliphatic heterocycles. The van der Waals surface area contributed by atoms with Crippen molar-refractivity contribution >= 4 is 5.82 Å². The lowest BCUT2D eigenvalue weighted by atomic mass is 10.2. The van der Waals surface area contributed by atoms with E-state index in [2.05, 4.69) is 36.1 Å². The minimum absolute atomic E-state index is 0.308. The molecule has 0 saturated carbocycles. The van der Waals surface area contributed by atoms with E-state index in [-0.39, 0.29) is 0 Å². The third-order valence-electron chi connectivity index (χ3n) is 1.95. The van der Waals surface area contributed by atoms with Crippen molar-refractivity contribution in [2.45, 2.75) is 33.1 Å². The van der Waals surface area contributed by atoms with Gasteiger partial charge in [0.15, 0.2) is 0 Å². The molecule has 0 radical (unpaired) electrons. The zero-order valence-electron chi connectivity index (χ0n) is 9.87. The molecule has 15 heavy (non-hydrogen) atoms. The number of rotatable bonds is 5. The molecule has 0 saturated heterocycles. The lowest BCUT2D eigenvalue weighted by molar-refractivity contribution is 0.303. The fourth-order valence-electron chi connectivity index (χ4n) is 1.11. The van der Waals surface area contributed by atoms with Gasteiger partial charge in [0.05, 0.1) is 6.61 Å². The third kappa shape index (κ3) is 3.38. The van der Waals surface area contributed by atoms with Crippen LogP contribution in [0, 0.1) is 0 Å². The highest BCUT2D eigenvalue weighted by Crippen LogP contribution is 2.18. The average molecular weight is 209 g/mol. The van der Waals surface area contributed by atoms with Crippen molar-refractivity contribution in [2.24, 2.45) is 0 Å². The van der Waals surface area contributed by atoms with E-state index in [0.717, 1.165) is 18.1 Å². The Balaban J connectivity index is 2.90.